The molecule has 1 aliphatic carbocycles. The smallest absolute Gasteiger partial charge is 0.338 e. The maximum atomic E-state index is 12.3. The summed E-state index contributed by atoms with van der Waals surface area (Å²) in [4.78, 5) is 16.5. The molecular formula is C17H24ClNO2. The van der Waals surface area contributed by atoms with Crippen LogP contribution in [0.3, 0.4) is 0 Å². The fourth-order valence-corrected chi connectivity index (χ4v) is 3.10. The van der Waals surface area contributed by atoms with Gasteiger partial charge < -0.3 is 4.74 Å². The zero-order valence-corrected chi connectivity index (χ0v) is 13.8. The normalized spacial score (nSPS) is 25.6. The summed E-state index contributed by atoms with van der Waals surface area (Å²) in [7, 11) is 0. The van der Waals surface area contributed by atoms with Crippen LogP contribution in [0.5, 0.6) is 0 Å². The Labute approximate surface area is 132 Å². The highest BCUT2D eigenvalue weighted by Crippen LogP contribution is 2.31. The van der Waals surface area contributed by atoms with E-state index in [-0.39, 0.29) is 12.1 Å². The quantitative estimate of drug-likeness (QED) is 0.599. The average molecular weight is 310 g/mol. The van der Waals surface area contributed by atoms with Gasteiger partial charge in [0.25, 0.3) is 0 Å². The van der Waals surface area contributed by atoms with Crippen LogP contribution in [-0.4, -0.2) is 17.1 Å². The van der Waals surface area contributed by atoms with E-state index in [4.69, 9.17) is 16.3 Å². The summed E-state index contributed by atoms with van der Waals surface area (Å²) >= 11 is 6.00. The number of nitrogens with zero attached hydrogens (tertiary/aromatic N) is 1. The molecule has 0 N–H and O–H groups in total. The van der Waals surface area contributed by atoms with Gasteiger partial charge in [-0.1, -0.05) is 38.8 Å². The highest BCUT2D eigenvalue weighted by Gasteiger charge is 2.27. The summed E-state index contributed by atoms with van der Waals surface area (Å²) in [5.74, 6) is 1.04. The van der Waals surface area contributed by atoms with E-state index in [9.17, 15) is 4.79 Å². The summed E-state index contributed by atoms with van der Waals surface area (Å²) < 4.78 is 5.66. The number of carbonyl (C=O) groups excluding carboxylic acids is 1. The predicted molar refractivity (Wildman–Crippen MR) is 84.6 cm³/mol. The van der Waals surface area contributed by atoms with Gasteiger partial charge in [0.05, 0.1) is 5.56 Å². The van der Waals surface area contributed by atoms with Gasteiger partial charge in [0.15, 0.2) is 0 Å². The molecule has 116 valence electrons. The lowest BCUT2D eigenvalue weighted by Gasteiger charge is -2.31. The second kappa shape index (κ2) is 7.26. The highest BCUT2D eigenvalue weighted by atomic mass is 35.5. The van der Waals surface area contributed by atoms with Gasteiger partial charge in [0.1, 0.15) is 11.3 Å². The molecule has 1 aliphatic rings. The SMILES string of the molecule is CCCc1cc(C(=O)OC2CCC(C)C(C)C2)cc(Cl)n1. The Morgan fingerprint density at radius 3 is 2.76 bits per heavy atom. The lowest BCUT2D eigenvalue weighted by molar-refractivity contribution is 0.00876. The molecule has 0 aromatic carbocycles. The first-order valence-corrected chi connectivity index (χ1v) is 8.24. The molecule has 4 heteroatoms. The predicted octanol–water partition coefficient (Wildman–Crippen LogP) is 4.67. The van der Waals surface area contributed by atoms with Crippen LogP contribution in [0.25, 0.3) is 0 Å². The lowest BCUT2D eigenvalue weighted by Crippen LogP contribution is -2.28. The van der Waals surface area contributed by atoms with Crippen molar-refractivity contribution in [1.29, 1.82) is 0 Å². The summed E-state index contributed by atoms with van der Waals surface area (Å²) in [5, 5.41) is 0.360. The largest absolute Gasteiger partial charge is 0.459 e. The van der Waals surface area contributed by atoms with Crippen molar-refractivity contribution in [3.63, 3.8) is 0 Å². The number of ether oxygens (including phenoxy) is 1. The number of halogens is 1. The van der Waals surface area contributed by atoms with E-state index in [1.807, 2.05) is 0 Å². The van der Waals surface area contributed by atoms with E-state index in [2.05, 4.69) is 25.8 Å². The van der Waals surface area contributed by atoms with Crippen LogP contribution >= 0.6 is 11.6 Å². The number of pyridine rings is 1. The molecular weight excluding hydrogens is 286 g/mol. The fourth-order valence-electron chi connectivity index (χ4n) is 2.88. The number of rotatable bonds is 4. The molecule has 0 radical (unpaired) electrons. The molecule has 3 nitrogen and oxygen atoms in total. The Hall–Kier alpha value is -1.09. The van der Waals surface area contributed by atoms with Crippen molar-refractivity contribution in [2.75, 3.05) is 0 Å². The topological polar surface area (TPSA) is 39.2 Å². The van der Waals surface area contributed by atoms with E-state index in [0.29, 0.717) is 22.6 Å². The van der Waals surface area contributed by atoms with Crippen LogP contribution in [0.2, 0.25) is 5.15 Å². The van der Waals surface area contributed by atoms with Gasteiger partial charge in [-0.2, -0.15) is 0 Å². The molecule has 2 rings (SSSR count). The second-order valence-electron chi connectivity index (χ2n) is 6.21. The maximum Gasteiger partial charge on any atom is 0.338 e. The molecule has 1 fully saturated rings. The van der Waals surface area contributed by atoms with Crippen molar-refractivity contribution in [2.24, 2.45) is 11.8 Å². The number of hydrogen-bond donors (Lipinski definition) is 0. The van der Waals surface area contributed by atoms with Crippen molar-refractivity contribution in [2.45, 2.75) is 59.0 Å². The third-order valence-corrected chi connectivity index (χ3v) is 4.61. The molecule has 1 aromatic heterocycles. The zero-order chi connectivity index (χ0) is 15.4. The maximum absolute atomic E-state index is 12.3. The highest BCUT2D eigenvalue weighted by molar-refractivity contribution is 6.29. The third-order valence-electron chi connectivity index (χ3n) is 4.41. The van der Waals surface area contributed by atoms with Crippen LogP contribution in [0, 0.1) is 11.8 Å². The summed E-state index contributed by atoms with van der Waals surface area (Å²) in [5.41, 5.74) is 1.37. The molecule has 1 heterocycles. The molecule has 21 heavy (non-hydrogen) atoms. The minimum atomic E-state index is -0.275. The van der Waals surface area contributed by atoms with Gasteiger partial charge >= 0.3 is 5.97 Å². The van der Waals surface area contributed by atoms with Crippen molar-refractivity contribution >= 4 is 17.6 Å². The first-order valence-electron chi connectivity index (χ1n) is 7.87. The summed E-state index contributed by atoms with van der Waals surface area (Å²) in [6, 6.07) is 3.39. The van der Waals surface area contributed by atoms with Crippen LogP contribution in [0.4, 0.5) is 0 Å². The summed E-state index contributed by atoms with van der Waals surface area (Å²) in [6.07, 6.45) is 4.85. The van der Waals surface area contributed by atoms with Gasteiger partial charge in [-0.15, -0.1) is 0 Å². The Bertz CT molecular complexity index is 504. The monoisotopic (exact) mass is 309 g/mol. The van der Waals surface area contributed by atoms with Gasteiger partial charge in [0.2, 0.25) is 0 Å². The Morgan fingerprint density at radius 2 is 2.10 bits per heavy atom. The number of hydrogen-bond acceptors (Lipinski definition) is 3. The standard InChI is InChI=1S/C17H24ClNO2/c1-4-5-14-9-13(10-16(18)19-14)17(20)21-15-7-6-11(2)12(3)8-15/h9-12,15H,4-8H2,1-3H3. The van der Waals surface area contributed by atoms with Crippen LogP contribution in [-0.2, 0) is 11.2 Å². The number of esters is 1. The van der Waals surface area contributed by atoms with Gasteiger partial charge in [-0.3, -0.25) is 0 Å². The fraction of sp³-hybridized carbons (Fsp3) is 0.647. The minimum Gasteiger partial charge on any atom is -0.459 e. The molecule has 3 unspecified atom stereocenters. The zero-order valence-electron chi connectivity index (χ0n) is 13.1. The molecule has 0 saturated heterocycles. The van der Waals surface area contributed by atoms with Gasteiger partial charge in [0, 0.05) is 5.69 Å². The minimum absolute atomic E-state index is 0.0327. The molecule has 0 amide bonds. The second-order valence-corrected chi connectivity index (χ2v) is 6.60. The number of aryl methyl sites for hydroxylation is 1. The van der Waals surface area contributed by atoms with Crippen LogP contribution < -0.4 is 0 Å². The Balaban J connectivity index is 2.03. The van der Waals surface area contributed by atoms with E-state index in [1.54, 1.807) is 12.1 Å². The van der Waals surface area contributed by atoms with Crippen LogP contribution in [0.15, 0.2) is 12.1 Å². The van der Waals surface area contributed by atoms with E-state index in [0.717, 1.165) is 37.8 Å². The number of carbonyl (C=O) groups is 1. The number of aromatic nitrogens is 1. The van der Waals surface area contributed by atoms with Crippen molar-refractivity contribution in [3.05, 3.63) is 28.5 Å². The molecule has 1 saturated carbocycles. The Morgan fingerprint density at radius 1 is 1.33 bits per heavy atom. The van der Waals surface area contributed by atoms with E-state index >= 15 is 0 Å². The van der Waals surface area contributed by atoms with Crippen molar-refractivity contribution < 1.29 is 9.53 Å². The van der Waals surface area contributed by atoms with E-state index in [1.165, 1.54) is 0 Å². The Kier molecular flexibility index (Phi) is 5.63. The van der Waals surface area contributed by atoms with E-state index < -0.39 is 0 Å². The molecule has 0 spiro atoms. The molecule has 3 atom stereocenters. The lowest BCUT2D eigenvalue weighted by atomic mass is 9.80. The van der Waals surface area contributed by atoms with Crippen molar-refractivity contribution in [3.8, 4) is 0 Å². The first kappa shape index (κ1) is 16.3. The van der Waals surface area contributed by atoms with Crippen LogP contribution in [0.1, 0.15) is 62.5 Å². The van der Waals surface area contributed by atoms with Gasteiger partial charge in [-0.25, -0.2) is 9.78 Å². The summed E-state index contributed by atoms with van der Waals surface area (Å²) in [6.45, 7) is 6.57. The first-order chi connectivity index (χ1) is 9.99. The van der Waals surface area contributed by atoms with Crippen molar-refractivity contribution in [1.82, 2.24) is 4.98 Å². The average Bonchev–Trinajstić information content (AvgIpc) is 2.42. The van der Waals surface area contributed by atoms with Gasteiger partial charge in [-0.05, 0) is 49.7 Å². The molecule has 0 aliphatic heterocycles. The third kappa shape index (κ3) is 4.44. The molecule has 1 aromatic rings. The molecule has 0 bridgehead atoms.